The van der Waals surface area contributed by atoms with Gasteiger partial charge in [-0.15, -0.1) is 10.2 Å². The van der Waals surface area contributed by atoms with Crippen molar-refractivity contribution in [3.05, 3.63) is 58.6 Å². The fourth-order valence-electron chi connectivity index (χ4n) is 2.24. The third-order valence-corrected chi connectivity index (χ3v) is 5.05. The maximum Gasteiger partial charge on any atom is 0.230 e. The lowest BCUT2D eigenvalue weighted by atomic mass is 10.2. The number of ether oxygens (including phenoxy) is 1. The summed E-state index contributed by atoms with van der Waals surface area (Å²) in [7, 11) is 0. The Morgan fingerprint density at radius 2 is 1.71 bits per heavy atom. The van der Waals surface area contributed by atoms with Crippen molar-refractivity contribution >= 4 is 40.9 Å². The fourth-order valence-corrected chi connectivity index (χ4v) is 3.18. The van der Waals surface area contributed by atoms with Gasteiger partial charge in [0.15, 0.2) is 5.82 Å². The number of amides is 1. The summed E-state index contributed by atoms with van der Waals surface area (Å²) < 4.78 is 6.87. The number of nitrogens with one attached hydrogen (secondary N) is 1. The highest BCUT2D eigenvalue weighted by molar-refractivity contribution is 7.99. The lowest BCUT2D eigenvalue weighted by Gasteiger charge is -2.08. The molecule has 10 heteroatoms. The molecule has 0 aliphatic rings. The van der Waals surface area contributed by atoms with Crippen molar-refractivity contribution in [2.24, 2.45) is 0 Å². The summed E-state index contributed by atoms with van der Waals surface area (Å²) in [5.41, 5.74) is 0.787. The molecule has 1 aromatic heterocycles. The number of nitrogen functional groups attached to an aromatic ring is 1. The minimum absolute atomic E-state index is 0.152. The molecule has 28 heavy (non-hydrogen) atoms. The van der Waals surface area contributed by atoms with Gasteiger partial charge in [0.25, 0.3) is 0 Å². The third-order valence-electron chi connectivity index (χ3n) is 3.61. The van der Waals surface area contributed by atoms with E-state index in [1.54, 1.807) is 48.5 Å². The lowest BCUT2D eigenvalue weighted by molar-refractivity contribution is -0.118. The predicted molar refractivity (Wildman–Crippen MR) is 111 cm³/mol. The van der Waals surface area contributed by atoms with Gasteiger partial charge < -0.3 is 15.9 Å². The number of rotatable bonds is 8. The van der Waals surface area contributed by atoms with E-state index in [0.717, 1.165) is 5.56 Å². The average Bonchev–Trinajstić information content (AvgIpc) is 3.06. The molecule has 0 aliphatic heterocycles. The van der Waals surface area contributed by atoms with Gasteiger partial charge in [-0.25, -0.2) is 4.68 Å². The van der Waals surface area contributed by atoms with Gasteiger partial charge >= 0.3 is 0 Å². The summed E-state index contributed by atoms with van der Waals surface area (Å²) in [6, 6.07) is 14.1. The zero-order valence-electron chi connectivity index (χ0n) is 14.6. The van der Waals surface area contributed by atoms with Crippen LogP contribution in [0.1, 0.15) is 0 Å². The summed E-state index contributed by atoms with van der Waals surface area (Å²) in [6.45, 7) is 0.735. The van der Waals surface area contributed by atoms with Crippen LogP contribution in [0, 0.1) is 0 Å². The van der Waals surface area contributed by atoms with E-state index in [0.29, 0.717) is 39.9 Å². The van der Waals surface area contributed by atoms with Gasteiger partial charge in [-0.2, -0.15) is 0 Å². The van der Waals surface area contributed by atoms with Crippen molar-refractivity contribution in [2.45, 2.75) is 5.16 Å². The van der Waals surface area contributed by atoms with Crippen molar-refractivity contribution in [3.8, 4) is 17.1 Å². The molecule has 146 valence electrons. The molecule has 1 amide bonds. The number of hydrogen-bond donors (Lipinski definition) is 2. The maximum absolute atomic E-state index is 12.0. The number of benzene rings is 2. The van der Waals surface area contributed by atoms with E-state index in [9.17, 15) is 4.79 Å². The Labute approximate surface area is 176 Å². The first kappa shape index (κ1) is 20.3. The first-order valence-corrected chi connectivity index (χ1v) is 10.0. The van der Waals surface area contributed by atoms with Crippen molar-refractivity contribution in [1.29, 1.82) is 0 Å². The van der Waals surface area contributed by atoms with Crippen molar-refractivity contribution in [2.75, 3.05) is 24.7 Å². The molecule has 0 unspecified atom stereocenters. The normalized spacial score (nSPS) is 10.6. The smallest absolute Gasteiger partial charge is 0.230 e. The number of carbonyl (C=O) groups excluding carboxylic acids is 1. The summed E-state index contributed by atoms with van der Waals surface area (Å²) in [5, 5.41) is 12.6. The Kier molecular flexibility index (Phi) is 7.02. The number of aromatic nitrogens is 3. The van der Waals surface area contributed by atoms with E-state index in [-0.39, 0.29) is 11.7 Å². The second-order valence-corrected chi connectivity index (χ2v) is 7.44. The number of halogens is 2. The molecule has 1 heterocycles. The van der Waals surface area contributed by atoms with Gasteiger partial charge in [0.1, 0.15) is 12.4 Å². The highest BCUT2D eigenvalue weighted by Gasteiger charge is 2.13. The number of thioether (sulfide) groups is 1. The molecule has 3 aromatic rings. The Morgan fingerprint density at radius 3 is 2.39 bits per heavy atom. The van der Waals surface area contributed by atoms with Crippen LogP contribution in [0.2, 0.25) is 10.0 Å². The topological polar surface area (TPSA) is 95.1 Å². The fraction of sp³-hybridized carbons (Fsp3) is 0.167. The average molecular weight is 438 g/mol. The molecule has 0 saturated carbocycles. The van der Waals surface area contributed by atoms with Crippen molar-refractivity contribution < 1.29 is 9.53 Å². The molecule has 0 aliphatic carbocycles. The number of hydrogen-bond acceptors (Lipinski definition) is 6. The van der Waals surface area contributed by atoms with Crippen LogP contribution in [0.15, 0.2) is 53.7 Å². The van der Waals surface area contributed by atoms with Crippen molar-refractivity contribution in [3.63, 3.8) is 0 Å². The molecular formula is C18H17Cl2N5O2S. The second-order valence-electron chi connectivity index (χ2n) is 5.62. The van der Waals surface area contributed by atoms with Crippen LogP contribution in [0.4, 0.5) is 0 Å². The van der Waals surface area contributed by atoms with Crippen LogP contribution < -0.4 is 15.9 Å². The summed E-state index contributed by atoms with van der Waals surface area (Å²) >= 11 is 12.9. The minimum atomic E-state index is -0.152. The van der Waals surface area contributed by atoms with Crippen LogP contribution in [0.25, 0.3) is 11.4 Å². The van der Waals surface area contributed by atoms with Crippen LogP contribution in [0.3, 0.4) is 0 Å². The number of carbonyl (C=O) groups is 1. The highest BCUT2D eigenvalue weighted by atomic mass is 35.5. The molecule has 0 bridgehead atoms. The quantitative estimate of drug-likeness (QED) is 0.319. The Bertz CT molecular complexity index is 932. The van der Waals surface area contributed by atoms with Gasteiger partial charge in [0.05, 0.1) is 12.3 Å². The summed E-state index contributed by atoms with van der Waals surface area (Å²) in [6.07, 6.45) is 0. The van der Waals surface area contributed by atoms with Gasteiger partial charge in [-0.1, -0.05) is 35.0 Å². The maximum atomic E-state index is 12.0. The molecule has 7 nitrogen and oxygen atoms in total. The van der Waals surface area contributed by atoms with E-state index in [1.165, 1.54) is 16.4 Å². The molecule has 0 atom stereocenters. The van der Waals surface area contributed by atoms with E-state index in [1.807, 2.05) is 0 Å². The van der Waals surface area contributed by atoms with E-state index < -0.39 is 0 Å². The molecule has 0 spiro atoms. The molecule has 0 radical (unpaired) electrons. The van der Waals surface area contributed by atoms with Crippen LogP contribution >= 0.6 is 35.0 Å². The monoisotopic (exact) mass is 437 g/mol. The van der Waals surface area contributed by atoms with E-state index in [4.69, 9.17) is 33.8 Å². The Balaban J connectivity index is 1.43. The number of nitrogens with zero attached hydrogens (tertiary/aromatic N) is 3. The lowest BCUT2D eigenvalue weighted by Crippen LogP contribution is -2.29. The Hall–Kier alpha value is -2.42. The first-order chi connectivity index (χ1) is 13.5. The molecule has 0 fully saturated rings. The summed E-state index contributed by atoms with van der Waals surface area (Å²) in [4.78, 5) is 12.0. The highest BCUT2D eigenvalue weighted by Crippen LogP contribution is 2.22. The molecule has 3 N–H and O–H groups in total. The summed E-state index contributed by atoms with van der Waals surface area (Å²) in [5.74, 6) is 7.23. The molecule has 3 rings (SSSR count). The van der Waals surface area contributed by atoms with Crippen LogP contribution in [-0.4, -0.2) is 39.7 Å². The largest absolute Gasteiger partial charge is 0.492 e. The predicted octanol–water partition coefficient (Wildman–Crippen LogP) is 3.25. The van der Waals surface area contributed by atoms with Crippen molar-refractivity contribution in [1.82, 2.24) is 20.2 Å². The zero-order chi connectivity index (χ0) is 19.9. The first-order valence-electron chi connectivity index (χ1n) is 8.27. The molecule has 2 aromatic carbocycles. The standard InChI is InChI=1S/C18H17Cl2N5O2S/c19-13-3-1-12(2-4-13)17-23-24-18(25(17)21)28-11-16(26)22-9-10-27-15-7-5-14(20)6-8-15/h1-8H,9-11,21H2,(H,22,26). The van der Waals surface area contributed by atoms with Gasteiger partial charge in [-0.05, 0) is 48.5 Å². The van der Waals surface area contributed by atoms with E-state index in [2.05, 4.69) is 15.5 Å². The number of nitrogens with two attached hydrogens (primary N) is 1. The van der Waals surface area contributed by atoms with Gasteiger partial charge in [0.2, 0.25) is 11.1 Å². The second kappa shape index (κ2) is 9.68. The van der Waals surface area contributed by atoms with E-state index >= 15 is 0 Å². The Morgan fingerprint density at radius 1 is 1.07 bits per heavy atom. The minimum Gasteiger partial charge on any atom is -0.492 e. The van der Waals surface area contributed by atoms with Gasteiger partial charge in [0, 0.05) is 15.6 Å². The van der Waals surface area contributed by atoms with Crippen LogP contribution in [0.5, 0.6) is 5.75 Å². The molecule has 0 saturated heterocycles. The third kappa shape index (κ3) is 5.54. The zero-order valence-corrected chi connectivity index (χ0v) is 17.0. The van der Waals surface area contributed by atoms with Gasteiger partial charge in [-0.3, -0.25) is 4.79 Å². The molecular weight excluding hydrogens is 421 g/mol. The SMILES string of the molecule is Nn1c(SCC(=O)NCCOc2ccc(Cl)cc2)nnc1-c1ccc(Cl)cc1. The van der Waals surface area contributed by atoms with Crippen LogP contribution in [-0.2, 0) is 4.79 Å².